The number of aromatic nitrogens is 3. The highest BCUT2D eigenvalue weighted by molar-refractivity contribution is 5.95. The number of carbonyl (C=O) groups excluding carboxylic acids is 1. The number of pyridine rings is 1. The summed E-state index contributed by atoms with van der Waals surface area (Å²) < 4.78 is 6.62. The maximum atomic E-state index is 12.5. The molecule has 0 radical (unpaired) electrons. The number of esters is 1. The van der Waals surface area contributed by atoms with E-state index in [1.54, 1.807) is 0 Å². The molecule has 0 aliphatic carbocycles. The second-order valence-corrected chi connectivity index (χ2v) is 5.56. The van der Waals surface area contributed by atoms with Crippen molar-refractivity contribution >= 4 is 29.2 Å². The molecule has 140 valence electrons. The molecule has 11 nitrogen and oxygen atoms in total. The molecule has 28 heavy (non-hydrogen) atoms. The van der Waals surface area contributed by atoms with Crippen LogP contribution in [0.1, 0.15) is 21.6 Å². The first-order valence-electron chi connectivity index (χ1n) is 7.80. The molecule has 3 rings (SSSR count). The Bertz CT molecular complexity index is 1150. The van der Waals surface area contributed by atoms with Crippen LogP contribution < -0.4 is 15.8 Å². The monoisotopic (exact) mass is 379 g/mol. The van der Waals surface area contributed by atoms with Gasteiger partial charge in [0.2, 0.25) is 0 Å². The van der Waals surface area contributed by atoms with Crippen molar-refractivity contribution in [3.8, 4) is 11.8 Å². The molecule has 2 heterocycles. The van der Waals surface area contributed by atoms with Gasteiger partial charge in [0.25, 0.3) is 0 Å². The van der Waals surface area contributed by atoms with Gasteiger partial charge in [0.15, 0.2) is 17.4 Å². The van der Waals surface area contributed by atoms with Crippen LogP contribution in [-0.2, 0) is 11.2 Å². The summed E-state index contributed by atoms with van der Waals surface area (Å²) in [5.41, 5.74) is 6.28. The van der Waals surface area contributed by atoms with Crippen molar-refractivity contribution in [2.45, 2.75) is 6.42 Å². The lowest BCUT2D eigenvalue weighted by Crippen LogP contribution is -2.21. The highest BCUT2D eigenvalue weighted by atomic mass is 16.5. The van der Waals surface area contributed by atoms with Gasteiger partial charge in [-0.3, -0.25) is 10.2 Å². The molecule has 3 aromatic rings. The minimum absolute atomic E-state index is 0.0843. The zero-order chi connectivity index (χ0) is 20.3. The number of guanidine groups is 1. The van der Waals surface area contributed by atoms with Crippen molar-refractivity contribution in [1.82, 2.24) is 14.6 Å². The SMILES string of the molecule is N#Cc1cc(C(=O)Oc2ccc(CC(=O)O)n3ncnc23)ccc1NC(=N)N. The normalized spacial score (nSPS) is 10.2. The van der Waals surface area contributed by atoms with Crippen LogP contribution in [0.3, 0.4) is 0 Å². The zero-order valence-electron chi connectivity index (χ0n) is 14.2. The molecule has 0 saturated heterocycles. The van der Waals surface area contributed by atoms with Gasteiger partial charge >= 0.3 is 11.9 Å². The van der Waals surface area contributed by atoms with Crippen LogP contribution >= 0.6 is 0 Å². The van der Waals surface area contributed by atoms with E-state index in [1.165, 1.54) is 41.2 Å². The fourth-order valence-corrected chi connectivity index (χ4v) is 2.48. The van der Waals surface area contributed by atoms with Crippen molar-refractivity contribution in [3.63, 3.8) is 0 Å². The van der Waals surface area contributed by atoms with Gasteiger partial charge in [-0.05, 0) is 30.3 Å². The van der Waals surface area contributed by atoms with Gasteiger partial charge in [-0.1, -0.05) is 0 Å². The zero-order valence-corrected chi connectivity index (χ0v) is 14.2. The van der Waals surface area contributed by atoms with Crippen molar-refractivity contribution in [2.24, 2.45) is 5.73 Å². The van der Waals surface area contributed by atoms with Crippen LogP contribution in [-0.4, -0.2) is 37.6 Å². The van der Waals surface area contributed by atoms with Crippen molar-refractivity contribution in [3.05, 3.63) is 53.5 Å². The van der Waals surface area contributed by atoms with Crippen LogP contribution in [0.4, 0.5) is 5.69 Å². The Labute approximate surface area is 157 Å². The molecule has 0 spiro atoms. The Morgan fingerprint density at radius 3 is 2.82 bits per heavy atom. The number of aliphatic carboxylic acids is 1. The average Bonchev–Trinajstić information content (AvgIpc) is 3.13. The number of nitrogens with one attached hydrogen (secondary N) is 2. The Morgan fingerprint density at radius 1 is 1.36 bits per heavy atom. The first-order chi connectivity index (χ1) is 13.4. The predicted molar refractivity (Wildman–Crippen MR) is 96.0 cm³/mol. The van der Waals surface area contributed by atoms with E-state index in [0.717, 1.165) is 0 Å². The van der Waals surface area contributed by atoms with E-state index >= 15 is 0 Å². The standard InChI is InChI=1S/C17H13N7O4/c18-7-10-5-9(1-3-12(10)23-17(19)20)16(27)28-13-4-2-11(6-14(25)26)24-15(13)21-8-22-24/h1-5,8H,6H2,(H,25,26)(H4,19,20,23). The molecule has 0 bridgehead atoms. The molecule has 5 N–H and O–H groups in total. The van der Waals surface area contributed by atoms with E-state index in [0.29, 0.717) is 5.69 Å². The number of nitriles is 1. The molecule has 11 heteroatoms. The molecular weight excluding hydrogens is 366 g/mol. The lowest BCUT2D eigenvalue weighted by Gasteiger charge is -2.10. The summed E-state index contributed by atoms with van der Waals surface area (Å²) in [4.78, 5) is 27.4. The molecular formula is C17H13N7O4. The molecule has 0 fully saturated rings. The summed E-state index contributed by atoms with van der Waals surface area (Å²) in [6.45, 7) is 0. The molecule has 1 aromatic carbocycles. The fraction of sp³-hybridized carbons (Fsp3) is 0.0588. The third-order valence-electron chi connectivity index (χ3n) is 3.65. The van der Waals surface area contributed by atoms with Gasteiger partial charge in [-0.2, -0.15) is 10.4 Å². The number of rotatable bonds is 5. The minimum Gasteiger partial charge on any atom is -0.481 e. The number of benzene rings is 1. The third kappa shape index (κ3) is 3.70. The molecule has 0 amide bonds. The van der Waals surface area contributed by atoms with Gasteiger partial charge in [0, 0.05) is 0 Å². The second-order valence-electron chi connectivity index (χ2n) is 5.56. The number of hydrogen-bond donors (Lipinski definition) is 4. The Balaban J connectivity index is 1.89. The number of carboxylic acids is 1. The predicted octanol–water partition coefficient (Wildman–Crippen LogP) is 0.753. The summed E-state index contributed by atoms with van der Waals surface area (Å²) in [6.07, 6.45) is 0.943. The number of carboxylic acid groups (broad SMARTS) is 1. The quantitative estimate of drug-likeness (QED) is 0.282. The number of ether oxygens (including phenoxy) is 1. The van der Waals surface area contributed by atoms with Gasteiger partial charge in [0.1, 0.15) is 12.4 Å². The molecule has 2 aromatic heterocycles. The second kappa shape index (κ2) is 7.42. The molecule has 0 unspecified atom stereocenters. The van der Waals surface area contributed by atoms with Gasteiger partial charge in [0.05, 0.1) is 28.9 Å². The van der Waals surface area contributed by atoms with Crippen LogP contribution in [0.5, 0.6) is 5.75 Å². The van der Waals surface area contributed by atoms with Crippen LogP contribution in [0.15, 0.2) is 36.7 Å². The molecule has 0 atom stereocenters. The van der Waals surface area contributed by atoms with E-state index in [-0.39, 0.29) is 40.6 Å². The number of anilines is 1. The Hall–Kier alpha value is -4.46. The Morgan fingerprint density at radius 2 is 2.14 bits per heavy atom. The molecule has 0 saturated carbocycles. The maximum Gasteiger partial charge on any atom is 0.343 e. The van der Waals surface area contributed by atoms with E-state index in [4.69, 9.17) is 21.0 Å². The average molecular weight is 379 g/mol. The molecule has 0 aliphatic rings. The third-order valence-corrected chi connectivity index (χ3v) is 3.65. The highest BCUT2D eigenvalue weighted by Gasteiger charge is 2.17. The summed E-state index contributed by atoms with van der Waals surface area (Å²) in [6, 6.07) is 8.95. The summed E-state index contributed by atoms with van der Waals surface area (Å²) in [7, 11) is 0. The van der Waals surface area contributed by atoms with Crippen LogP contribution in [0, 0.1) is 16.7 Å². The van der Waals surface area contributed by atoms with E-state index < -0.39 is 11.9 Å². The first kappa shape index (κ1) is 18.3. The minimum atomic E-state index is -1.04. The lowest BCUT2D eigenvalue weighted by molar-refractivity contribution is -0.136. The van der Waals surface area contributed by atoms with Crippen molar-refractivity contribution in [2.75, 3.05) is 5.32 Å². The number of fused-ring (bicyclic) bond motifs is 1. The summed E-state index contributed by atoms with van der Waals surface area (Å²) >= 11 is 0. The topological polar surface area (TPSA) is 179 Å². The van der Waals surface area contributed by atoms with Gasteiger partial charge < -0.3 is 20.9 Å². The Kier molecular flexibility index (Phi) is 4.86. The lowest BCUT2D eigenvalue weighted by atomic mass is 10.1. The number of nitrogens with zero attached hydrogens (tertiary/aromatic N) is 4. The van der Waals surface area contributed by atoms with Crippen LogP contribution in [0.2, 0.25) is 0 Å². The number of carbonyl (C=O) groups is 2. The highest BCUT2D eigenvalue weighted by Crippen LogP contribution is 2.22. The van der Waals surface area contributed by atoms with Crippen LogP contribution in [0.25, 0.3) is 5.65 Å². The smallest absolute Gasteiger partial charge is 0.343 e. The summed E-state index contributed by atoms with van der Waals surface area (Å²) in [5, 5.41) is 31.8. The first-order valence-corrected chi connectivity index (χ1v) is 7.80. The van der Waals surface area contributed by atoms with Crippen molar-refractivity contribution < 1.29 is 19.4 Å². The number of nitrogens with two attached hydrogens (primary N) is 1. The van der Waals surface area contributed by atoms with E-state index in [1.807, 2.05) is 6.07 Å². The largest absolute Gasteiger partial charge is 0.481 e. The molecule has 0 aliphatic heterocycles. The van der Waals surface area contributed by atoms with Gasteiger partial charge in [-0.25, -0.2) is 14.3 Å². The van der Waals surface area contributed by atoms with E-state index in [2.05, 4.69) is 15.4 Å². The summed E-state index contributed by atoms with van der Waals surface area (Å²) in [5.74, 6) is -2.05. The van der Waals surface area contributed by atoms with E-state index in [9.17, 15) is 14.9 Å². The number of hydrogen-bond acceptors (Lipinski definition) is 7. The maximum absolute atomic E-state index is 12.5. The van der Waals surface area contributed by atoms with Gasteiger partial charge in [-0.15, -0.1) is 0 Å². The van der Waals surface area contributed by atoms with Crippen molar-refractivity contribution in [1.29, 1.82) is 10.7 Å². The fourth-order valence-electron chi connectivity index (χ4n) is 2.48.